The Morgan fingerprint density at radius 3 is 2.68 bits per heavy atom. The molecule has 1 saturated heterocycles. The third-order valence-electron chi connectivity index (χ3n) is 6.64. The maximum Gasteiger partial charge on any atom is 0.271 e. The highest BCUT2D eigenvalue weighted by Crippen LogP contribution is 2.41. The Hall–Kier alpha value is -3.86. The van der Waals surface area contributed by atoms with E-state index in [1.54, 1.807) is 19.3 Å². The molecule has 1 aliphatic heterocycles. The van der Waals surface area contributed by atoms with Gasteiger partial charge in [-0.05, 0) is 50.9 Å². The number of nitrogens with zero attached hydrogens (tertiary/aromatic N) is 5. The Balaban J connectivity index is 1.29. The number of nitrogens with two attached hydrogens (primary N) is 1. The van der Waals surface area contributed by atoms with E-state index in [1.165, 1.54) is 17.4 Å². The molecule has 38 heavy (non-hydrogen) atoms. The van der Waals surface area contributed by atoms with Crippen molar-refractivity contribution in [3.63, 3.8) is 0 Å². The Morgan fingerprint density at radius 1 is 1.24 bits per heavy atom. The van der Waals surface area contributed by atoms with E-state index in [0.29, 0.717) is 36.8 Å². The van der Waals surface area contributed by atoms with Crippen LogP contribution in [-0.4, -0.2) is 82.2 Å². The lowest BCUT2D eigenvalue weighted by molar-refractivity contribution is -0.131. The van der Waals surface area contributed by atoms with Crippen molar-refractivity contribution in [3.05, 3.63) is 53.3 Å². The summed E-state index contributed by atoms with van der Waals surface area (Å²) in [4.78, 5) is 53.8. The fourth-order valence-corrected chi connectivity index (χ4v) is 4.19. The maximum absolute atomic E-state index is 12.3. The van der Waals surface area contributed by atoms with Crippen LogP contribution < -0.4 is 16.4 Å². The minimum atomic E-state index is -0.635. The first kappa shape index (κ1) is 27.2. The molecule has 2 fully saturated rings. The highest BCUT2D eigenvalue weighted by molar-refractivity contribution is 5.96. The fraction of sp³-hybridized carbons (Fsp3) is 0.481. The second-order valence-corrected chi connectivity index (χ2v) is 9.76. The fourth-order valence-electron chi connectivity index (χ4n) is 4.19. The summed E-state index contributed by atoms with van der Waals surface area (Å²) in [6.07, 6.45) is 9.53. The highest BCUT2D eigenvalue weighted by atomic mass is 16.2. The number of carbonyl (C=O) groups is 3. The van der Waals surface area contributed by atoms with Crippen LogP contribution in [-0.2, 0) is 22.4 Å². The molecule has 0 aromatic carbocycles. The first-order chi connectivity index (χ1) is 18.3. The lowest BCUT2D eigenvalue weighted by Crippen LogP contribution is -2.39. The Bertz CT molecular complexity index is 1210. The van der Waals surface area contributed by atoms with Crippen molar-refractivity contribution in [1.82, 2.24) is 30.1 Å². The van der Waals surface area contributed by atoms with Gasteiger partial charge in [-0.2, -0.15) is 0 Å². The summed E-state index contributed by atoms with van der Waals surface area (Å²) in [6.45, 7) is 5.24. The normalized spacial score (nSPS) is 15.2. The van der Waals surface area contributed by atoms with Gasteiger partial charge in [-0.3, -0.25) is 24.3 Å². The number of likely N-dealkylation sites (N-methyl/N-ethyl adjacent to an activating group) is 1. The SMILES string of the molecule is CCc1nc(C(N)=O)c(Nc2ccnc(CCNC(=O)CN(C)C(=O)/C=C/CN3CCC3)c2)nc1C1CC1. The van der Waals surface area contributed by atoms with Gasteiger partial charge in [-0.1, -0.05) is 13.0 Å². The third-order valence-corrected chi connectivity index (χ3v) is 6.64. The molecule has 202 valence electrons. The molecule has 4 N–H and O–H groups in total. The molecule has 1 saturated carbocycles. The van der Waals surface area contributed by atoms with Crippen LogP contribution in [0.3, 0.4) is 0 Å². The van der Waals surface area contributed by atoms with Crippen LogP contribution in [0.15, 0.2) is 30.5 Å². The molecule has 2 aromatic heterocycles. The number of nitrogens with one attached hydrogen (secondary N) is 2. The summed E-state index contributed by atoms with van der Waals surface area (Å²) in [5, 5.41) is 6.02. The minimum absolute atomic E-state index is 0.0203. The van der Waals surface area contributed by atoms with Crippen LogP contribution in [0, 0.1) is 0 Å². The van der Waals surface area contributed by atoms with E-state index in [0.717, 1.165) is 49.6 Å². The number of hydrogen-bond acceptors (Lipinski definition) is 8. The molecule has 11 nitrogen and oxygen atoms in total. The van der Waals surface area contributed by atoms with E-state index in [4.69, 9.17) is 10.7 Å². The first-order valence-corrected chi connectivity index (χ1v) is 13.2. The molecule has 2 aliphatic rings. The first-order valence-electron chi connectivity index (χ1n) is 13.2. The predicted octanol–water partition coefficient (Wildman–Crippen LogP) is 1.53. The van der Waals surface area contributed by atoms with Crippen molar-refractivity contribution < 1.29 is 14.4 Å². The summed E-state index contributed by atoms with van der Waals surface area (Å²) < 4.78 is 0. The zero-order valence-corrected chi connectivity index (χ0v) is 22.1. The zero-order valence-electron chi connectivity index (χ0n) is 22.1. The van der Waals surface area contributed by atoms with Crippen LogP contribution >= 0.6 is 0 Å². The molecule has 2 aromatic rings. The van der Waals surface area contributed by atoms with Crippen molar-refractivity contribution in [3.8, 4) is 0 Å². The number of pyridine rings is 1. The minimum Gasteiger partial charge on any atom is -0.364 e. The van der Waals surface area contributed by atoms with Crippen molar-refractivity contribution in [1.29, 1.82) is 0 Å². The van der Waals surface area contributed by atoms with Crippen molar-refractivity contribution >= 4 is 29.2 Å². The average Bonchev–Trinajstić information content (AvgIpc) is 3.70. The van der Waals surface area contributed by atoms with Gasteiger partial charge in [0.2, 0.25) is 11.8 Å². The molecule has 3 amide bonds. The van der Waals surface area contributed by atoms with Crippen LogP contribution in [0.25, 0.3) is 0 Å². The number of aromatic nitrogens is 3. The Morgan fingerprint density at radius 2 is 2.03 bits per heavy atom. The summed E-state index contributed by atoms with van der Waals surface area (Å²) in [7, 11) is 1.61. The summed E-state index contributed by atoms with van der Waals surface area (Å²) in [5.74, 6) is -0.349. The van der Waals surface area contributed by atoms with Gasteiger partial charge < -0.3 is 21.3 Å². The molecule has 0 spiro atoms. The van der Waals surface area contributed by atoms with Crippen molar-refractivity contribution in [2.75, 3.05) is 45.1 Å². The molecule has 0 unspecified atom stereocenters. The second-order valence-electron chi connectivity index (χ2n) is 9.76. The highest BCUT2D eigenvalue weighted by Gasteiger charge is 2.30. The molecular formula is C27H36N8O3. The summed E-state index contributed by atoms with van der Waals surface area (Å²) >= 11 is 0. The molecule has 1 aliphatic carbocycles. The van der Waals surface area contributed by atoms with Gasteiger partial charge in [0, 0.05) is 56.1 Å². The number of likely N-dealkylation sites (tertiary alicyclic amines) is 1. The Labute approximate surface area is 222 Å². The van der Waals surface area contributed by atoms with Crippen LogP contribution in [0.2, 0.25) is 0 Å². The van der Waals surface area contributed by atoms with Gasteiger partial charge in [0.05, 0.1) is 17.9 Å². The molecular weight excluding hydrogens is 484 g/mol. The number of primary amides is 1. The van der Waals surface area contributed by atoms with E-state index in [9.17, 15) is 14.4 Å². The predicted molar refractivity (Wildman–Crippen MR) is 144 cm³/mol. The van der Waals surface area contributed by atoms with E-state index in [2.05, 4.69) is 25.5 Å². The summed E-state index contributed by atoms with van der Waals surface area (Å²) in [5.41, 5.74) is 8.88. The molecule has 11 heteroatoms. The number of hydrogen-bond donors (Lipinski definition) is 3. The van der Waals surface area contributed by atoms with Crippen molar-refractivity contribution in [2.24, 2.45) is 5.73 Å². The smallest absolute Gasteiger partial charge is 0.271 e. The number of amides is 3. The topological polar surface area (TPSA) is 146 Å². The van der Waals surface area contributed by atoms with Crippen molar-refractivity contribution in [2.45, 2.75) is 44.9 Å². The quantitative estimate of drug-likeness (QED) is 0.337. The molecule has 0 radical (unpaired) electrons. The van der Waals surface area contributed by atoms with E-state index in [-0.39, 0.29) is 24.1 Å². The lowest BCUT2D eigenvalue weighted by Gasteiger charge is -2.29. The van der Waals surface area contributed by atoms with E-state index >= 15 is 0 Å². The monoisotopic (exact) mass is 520 g/mol. The van der Waals surface area contributed by atoms with Gasteiger partial charge in [0.15, 0.2) is 11.5 Å². The molecule has 0 bridgehead atoms. The van der Waals surface area contributed by atoms with Crippen LogP contribution in [0.4, 0.5) is 11.5 Å². The summed E-state index contributed by atoms with van der Waals surface area (Å²) in [6, 6.07) is 3.61. The molecule has 0 atom stereocenters. The van der Waals surface area contributed by atoms with E-state index in [1.807, 2.05) is 19.1 Å². The number of anilines is 2. The average molecular weight is 521 g/mol. The largest absolute Gasteiger partial charge is 0.364 e. The Kier molecular flexibility index (Phi) is 9.01. The van der Waals surface area contributed by atoms with Gasteiger partial charge in [-0.25, -0.2) is 9.97 Å². The maximum atomic E-state index is 12.3. The van der Waals surface area contributed by atoms with Gasteiger partial charge >= 0.3 is 0 Å². The lowest BCUT2D eigenvalue weighted by atomic mass is 10.1. The van der Waals surface area contributed by atoms with Gasteiger partial charge in [0.25, 0.3) is 5.91 Å². The van der Waals surface area contributed by atoms with Gasteiger partial charge in [-0.15, -0.1) is 0 Å². The third kappa shape index (κ3) is 7.34. The zero-order chi connectivity index (χ0) is 27.1. The van der Waals surface area contributed by atoms with Crippen LogP contribution in [0.5, 0.6) is 0 Å². The molecule has 4 rings (SSSR count). The van der Waals surface area contributed by atoms with E-state index < -0.39 is 5.91 Å². The standard InChI is InChI=1S/C27H36N8O3/c1-3-21-24(18-7-8-18)33-27(25(32-21)26(28)38)31-20-10-11-29-19(16-20)9-12-30-22(36)17-34(2)23(37)6-4-13-35-14-5-15-35/h4,6,10-11,16,18H,3,5,7-9,12-15,17H2,1-2H3,(H2,28,38)(H,30,36)(H,29,31,33)/b6-4+. The number of aryl methyl sites for hydroxylation is 1. The number of rotatable bonds is 13. The second kappa shape index (κ2) is 12.6. The van der Waals surface area contributed by atoms with Gasteiger partial charge in [0.1, 0.15) is 0 Å². The molecule has 3 heterocycles. The number of carbonyl (C=O) groups excluding carboxylic acids is 3. The van der Waals surface area contributed by atoms with Crippen LogP contribution in [0.1, 0.15) is 59.7 Å².